The van der Waals surface area contributed by atoms with Gasteiger partial charge in [0.05, 0.1) is 15.7 Å². The van der Waals surface area contributed by atoms with Crippen molar-refractivity contribution in [3.63, 3.8) is 0 Å². The van der Waals surface area contributed by atoms with Gasteiger partial charge in [0, 0.05) is 22.7 Å². The van der Waals surface area contributed by atoms with Crippen molar-refractivity contribution >= 4 is 40.9 Å². The molecule has 1 aliphatic heterocycles. The molecule has 0 spiro atoms. The molecule has 1 amide bonds. The minimum Gasteiger partial charge on any atom is -0.332 e. The molecule has 1 aromatic heterocycles. The van der Waals surface area contributed by atoms with Gasteiger partial charge in [-0.3, -0.25) is 4.79 Å². The highest BCUT2D eigenvalue weighted by Gasteiger charge is 2.30. The second-order valence-corrected chi connectivity index (χ2v) is 8.49. The molecule has 1 aromatic carbocycles. The van der Waals surface area contributed by atoms with Crippen molar-refractivity contribution in [3.05, 3.63) is 57.8 Å². The summed E-state index contributed by atoms with van der Waals surface area (Å²) in [5.41, 5.74) is 1.35. The number of carbonyl (C=O) groups excluding carboxylic acids is 1. The van der Waals surface area contributed by atoms with E-state index in [1.807, 2.05) is 35.2 Å². The SMILES string of the molecule is CC1CCCC(C)N1C(=O)c1cccc(CSc2c(Cl)cccc2Cl)n1. The zero-order chi connectivity index (χ0) is 18.7. The van der Waals surface area contributed by atoms with E-state index in [9.17, 15) is 4.79 Å². The highest BCUT2D eigenvalue weighted by Crippen LogP contribution is 2.35. The van der Waals surface area contributed by atoms with Crippen LogP contribution in [0.4, 0.5) is 0 Å². The lowest BCUT2D eigenvalue weighted by atomic mass is 9.97. The standard InChI is InChI=1S/C20H22Cl2N2OS/c1-13-6-3-7-14(2)24(13)20(25)18-11-4-8-15(23-18)12-26-19-16(21)9-5-10-17(19)22/h4-5,8-11,13-14H,3,6-7,12H2,1-2H3. The van der Waals surface area contributed by atoms with Crippen molar-refractivity contribution in [2.24, 2.45) is 0 Å². The molecule has 2 unspecified atom stereocenters. The molecular formula is C20H22Cl2N2OS. The summed E-state index contributed by atoms with van der Waals surface area (Å²) in [5, 5.41) is 1.26. The van der Waals surface area contributed by atoms with Gasteiger partial charge in [0.1, 0.15) is 5.69 Å². The first-order valence-electron chi connectivity index (χ1n) is 8.82. The van der Waals surface area contributed by atoms with Gasteiger partial charge in [-0.25, -0.2) is 4.98 Å². The smallest absolute Gasteiger partial charge is 0.272 e. The van der Waals surface area contributed by atoms with E-state index in [1.165, 1.54) is 18.2 Å². The predicted octanol–water partition coefficient (Wildman–Crippen LogP) is 6.08. The number of aromatic nitrogens is 1. The number of nitrogens with zero attached hydrogens (tertiary/aromatic N) is 2. The Morgan fingerprint density at radius 1 is 1.12 bits per heavy atom. The Hall–Kier alpha value is -1.23. The van der Waals surface area contributed by atoms with Crippen LogP contribution in [-0.2, 0) is 5.75 Å². The van der Waals surface area contributed by atoms with E-state index in [0.717, 1.165) is 23.4 Å². The molecule has 0 N–H and O–H groups in total. The Labute approximate surface area is 169 Å². The van der Waals surface area contributed by atoms with Crippen LogP contribution in [-0.4, -0.2) is 27.9 Å². The van der Waals surface area contributed by atoms with E-state index in [1.54, 1.807) is 6.07 Å². The summed E-state index contributed by atoms with van der Waals surface area (Å²) in [6, 6.07) is 11.6. The largest absolute Gasteiger partial charge is 0.332 e. The van der Waals surface area contributed by atoms with Crippen LogP contribution < -0.4 is 0 Å². The van der Waals surface area contributed by atoms with Gasteiger partial charge in [-0.1, -0.05) is 35.3 Å². The highest BCUT2D eigenvalue weighted by molar-refractivity contribution is 7.98. The molecule has 3 nitrogen and oxygen atoms in total. The number of benzene rings is 1. The van der Waals surface area contributed by atoms with Crippen LogP contribution in [0.15, 0.2) is 41.3 Å². The van der Waals surface area contributed by atoms with Crippen molar-refractivity contribution in [2.45, 2.75) is 55.8 Å². The van der Waals surface area contributed by atoms with Crippen LogP contribution >= 0.6 is 35.0 Å². The van der Waals surface area contributed by atoms with Gasteiger partial charge in [0.2, 0.25) is 0 Å². The number of rotatable bonds is 4. The monoisotopic (exact) mass is 408 g/mol. The number of pyridine rings is 1. The number of carbonyl (C=O) groups is 1. The maximum atomic E-state index is 13.0. The summed E-state index contributed by atoms with van der Waals surface area (Å²) in [6.45, 7) is 4.24. The molecule has 1 aliphatic rings. The minimum atomic E-state index is 0.0207. The zero-order valence-electron chi connectivity index (χ0n) is 14.9. The summed E-state index contributed by atoms with van der Waals surface area (Å²) < 4.78 is 0. The van der Waals surface area contributed by atoms with Gasteiger partial charge in [-0.05, 0) is 57.4 Å². The third-order valence-corrected chi connectivity index (χ3v) is 6.76. The molecule has 6 heteroatoms. The summed E-state index contributed by atoms with van der Waals surface area (Å²) in [7, 11) is 0. The lowest BCUT2D eigenvalue weighted by Gasteiger charge is -2.38. The van der Waals surface area contributed by atoms with Gasteiger partial charge >= 0.3 is 0 Å². The van der Waals surface area contributed by atoms with Crippen LogP contribution in [0.1, 0.15) is 49.3 Å². The molecule has 0 aliphatic carbocycles. The van der Waals surface area contributed by atoms with Crippen molar-refractivity contribution in [1.29, 1.82) is 0 Å². The Bertz CT molecular complexity index is 769. The maximum absolute atomic E-state index is 13.0. The third kappa shape index (κ3) is 4.36. The molecule has 138 valence electrons. The van der Waals surface area contributed by atoms with E-state index in [-0.39, 0.29) is 18.0 Å². The van der Waals surface area contributed by atoms with Crippen LogP contribution in [0.25, 0.3) is 0 Å². The molecular weight excluding hydrogens is 387 g/mol. The number of likely N-dealkylation sites (tertiary alicyclic amines) is 1. The normalized spacial score (nSPS) is 20.2. The van der Waals surface area contributed by atoms with E-state index in [0.29, 0.717) is 21.5 Å². The third-order valence-electron chi connectivity index (χ3n) is 4.74. The fraction of sp³-hybridized carbons (Fsp3) is 0.400. The average Bonchev–Trinajstić information content (AvgIpc) is 2.61. The molecule has 3 rings (SSSR count). The topological polar surface area (TPSA) is 33.2 Å². The van der Waals surface area contributed by atoms with Gasteiger partial charge < -0.3 is 4.90 Å². The van der Waals surface area contributed by atoms with Gasteiger partial charge in [-0.2, -0.15) is 0 Å². The number of piperidine rings is 1. The van der Waals surface area contributed by atoms with Gasteiger partial charge in [-0.15, -0.1) is 11.8 Å². The van der Waals surface area contributed by atoms with Crippen LogP contribution in [0.2, 0.25) is 10.0 Å². The van der Waals surface area contributed by atoms with Gasteiger partial charge in [0.25, 0.3) is 5.91 Å². The van der Waals surface area contributed by atoms with Gasteiger partial charge in [0.15, 0.2) is 0 Å². The van der Waals surface area contributed by atoms with Crippen molar-refractivity contribution < 1.29 is 4.79 Å². The minimum absolute atomic E-state index is 0.0207. The molecule has 0 radical (unpaired) electrons. The highest BCUT2D eigenvalue weighted by atomic mass is 35.5. The number of thioether (sulfide) groups is 1. The Morgan fingerprint density at radius 3 is 2.38 bits per heavy atom. The number of amides is 1. The molecule has 1 fully saturated rings. The van der Waals surface area contributed by atoms with Crippen molar-refractivity contribution in [1.82, 2.24) is 9.88 Å². The van der Waals surface area contributed by atoms with E-state index in [4.69, 9.17) is 23.2 Å². The fourth-order valence-corrected chi connectivity index (χ4v) is 4.99. The van der Waals surface area contributed by atoms with Crippen molar-refractivity contribution in [3.8, 4) is 0 Å². The number of hydrogen-bond acceptors (Lipinski definition) is 3. The van der Waals surface area contributed by atoms with Crippen LogP contribution in [0.3, 0.4) is 0 Å². The summed E-state index contributed by atoms with van der Waals surface area (Å²) in [4.78, 5) is 20.4. The first-order chi connectivity index (χ1) is 12.5. The summed E-state index contributed by atoms with van der Waals surface area (Å²) in [5.74, 6) is 0.627. The molecule has 2 aromatic rings. The maximum Gasteiger partial charge on any atom is 0.272 e. The number of hydrogen-bond donors (Lipinski definition) is 0. The Morgan fingerprint density at radius 2 is 1.73 bits per heavy atom. The lowest BCUT2D eigenvalue weighted by molar-refractivity contribution is 0.0504. The molecule has 2 heterocycles. The Balaban J connectivity index is 1.75. The molecule has 0 saturated carbocycles. The first-order valence-corrected chi connectivity index (χ1v) is 10.6. The average molecular weight is 409 g/mol. The second kappa shape index (κ2) is 8.64. The zero-order valence-corrected chi connectivity index (χ0v) is 17.2. The van der Waals surface area contributed by atoms with Crippen LogP contribution in [0.5, 0.6) is 0 Å². The van der Waals surface area contributed by atoms with E-state index < -0.39 is 0 Å². The molecule has 2 atom stereocenters. The molecule has 0 bridgehead atoms. The summed E-state index contributed by atoms with van der Waals surface area (Å²) >= 11 is 14.0. The van der Waals surface area contributed by atoms with E-state index >= 15 is 0 Å². The number of halogens is 2. The molecule has 26 heavy (non-hydrogen) atoms. The van der Waals surface area contributed by atoms with Crippen LogP contribution in [0, 0.1) is 0 Å². The quantitative estimate of drug-likeness (QED) is 0.574. The van der Waals surface area contributed by atoms with Crippen molar-refractivity contribution in [2.75, 3.05) is 0 Å². The second-order valence-electron chi connectivity index (χ2n) is 6.69. The predicted molar refractivity (Wildman–Crippen MR) is 109 cm³/mol. The van der Waals surface area contributed by atoms with E-state index in [2.05, 4.69) is 18.8 Å². The fourth-order valence-electron chi connectivity index (χ4n) is 3.40. The summed E-state index contributed by atoms with van der Waals surface area (Å²) in [6.07, 6.45) is 3.28. The molecule has 1 saturated heterocycles. The lowest BCUT2D eigenvalue weighted by Crippen LogP contribution is -2.47. The first kappa shape index (κ1) is 19.5. The Kier molecular flexibility index (Phi) is 6.49.